The topological polar surface area (TPSA) is 257 Å². The molecule has 1 aromatic rings. The Labute approximate surface area is 421 Å². The van der Waals surface area contributed by atoms with Gasteiger partial charge in [0.15, 0.2) is 18.9 Å². The number of epoxide rings is 1. The Kier molecular flexibility index (Phi) is 15.5. The second-order valence-electron chi connectivity index (χ2n) is 22.5. The fourth-order valence-corrected chi connectivity index (χ4v) is 14.8. The van der Waals surface area contributed by atoms with Crippen molar-refractivity contribution < 1.29 is 92.0 Å². The van der Waals surface area contributed by atoms with Gasteiger partial charge in [0.2, 0.25) is 0 Å². The highest BCUT2D eigenvalue weighted by Crippen LogP contribution is 2.81. The Balaban J connectivity index is 0.895. The molecule has 19 nitrogen and oxygen atoms in total. The fraction of sp³-hybridized carbons (Fsp3) is 0.830. The van der Waals surface area contributed by atoms with E-state index in [4.69, 9.17) is 52.1 Å². The van der Waals surface area contributed by atoms with Crippen LogP contribution in [-0.2, 0) is 61.7 Å². The van der Waals surface area contributed by atoms with Crippen LogP contribution in [0.5, 0.6) is 0 Å². The van der Waals surface area contributed by atoms with Crippen molar-refractivity contribution in [2.45, 2.75) is 222 Å². The standard InChI is InChI=1S/C53H78O19/c1-10-25(2)46(60)68-43-44-50(6)19-17-31(22-30(50)16-20-52(44)53(72-52)21-18-32(26(3)55)51(53,7)45(43)71-47(61)29-14-12-11-13-15-29)66-35-23-33(62-8)40(27(4)64-35)69-49-39(59)42(63-9)41(28(5)65-49)70-48-38(58)37(57)36(56)34(24-54)67-48/h11-15,25,27-28,30-45,48-49,54,56-59H,10,16-24H2,1-9H3/t25?,27-,28-,30+,31+,32+,33-,34-,35+,36-,37+,38-,39-,40-,41-,42+,43+,44-,45-,48+,49+,50+,51+,52+,53-/m1/s1. The van der Waals surface area contributed by atoms with E-state index < -0.39 is 145 Å². The van der Waals surface area contributed by atoms with Gasteiger partial charge in [-0.1, -0.05) is 45.9 Å². The summed E-state index contributed by atoms with van der Waals surface area (Å²) in [5.41, 5.74) is -2.43. The monoisotopic (exact) mass is 1020 g/mol. The van der Waals surface area contributed by atoms with Gasteiger partial charge < -0.3 is 77.6 Å². The van der Waals surface area contributed by atoms with Gasteiger partial charge in [0.1, 0.15) is 78.0 Å². The smallest absolute Gasteiger partial charge is 0.338 e. The van der Waals surface area contributed by atoms with Crippen LogP contribution in [0.3, 0.4) is 0 Å². The van der Waals surface area contributed by atoms with E-state index >= 15 is 0 Å². The number of ketones is 1. The lowest BCUT2D eigenvalue weighted by Gasteiger charge is -2.61. The lowest BCUT2D eigenvalue weighted by atomic mass is 9.43. The van der Waals surface area contributed by atoms with Crippen LogP contribution in [0.15, 0.2) is 30.3 Å². The molecule has 0 bridgehead atoms. The molecule has 9 rings (SSSR count). The molecule has 4 saturated carbocycles. The summed E-state index contributed by atoms with van der Waals surface area (Å²) >= 11 is 0. The number of rotatable bonds is 15. The zero-order valence-electron chi connectivity index (χ0n) is 43.0. The highest BCUT2D eigenvalue weighted by Gasteiger charge is 2.91. The Morgan fingerprint density at radius 3 is 2.12 bits per heavy atom. The van der Waals surface area contributed by atoms with E-state index in [9.17, 15) is 39.9 Å². The van der Waals surface area contributed by atoms with E-state index in [-0.39, 0.29) is 29.7 Å². The highest BCUT2D eigenvalue weighted by atomic mass is 16.8. The Morgan fingerprint density at radius 1 is 0.764 bits per heavy atom. The van der Waals surface area contributed by atoms with E-state index in [1.165, 1.54) is 7.11 Å². The number of ether oxygens (including phenoxy) is 11. The maximum atomic E-state index is 14.2. The van der Waals surface area contributed by atoms with Crippen molar-refractivity contribution >= 4 is 17.7 Å². The molecule has 1 unspecified atom stereocenters. The molecule has 0 amide bonds. The Hall–Kier alpha value is -2.73. The maximum absolute atomic E-state index is 14.2. The number of carbonyl (C=O) groups is 3. The number of aliphatic hydroxyl groups excluding tert-OH is 5. The number of methoxy groups -OCH3 is 2. The lowest BCUT2D eigenvalue weighted by Crippen LogP contribution is -2.71. The molecule has 72 heavy (non-hydrogen) atoms. The third-order valence-corrected chi connectivity index (χ3v) is 18.9. The van der Waals surface area contributed by atoms with Crippen LogP contribution in [0.25, 0.3) is 0 Å². The van der Waals surface area contributed by atoms with Crippen molar-refractivity contribution in [3.8, 4) is 0 Å². The van der Waals surface area contributed by atoms with E-state index in [2.05, 4.69) is 6.92 Å². The molecule has 8 fully saturated rings. The summed E-state index contributed by atoms with van der Waals surface area (Å²) < 4.78 is 69.8. The van der Waals surface area contributed by atoms with Crippen molar-refractivity contribution in [3.63, 3.8) is 0 Å². The first-order valence-electron chi connectivity index (χ1n) is 26.2. The van der Waals surface area contributed by atoms with Gasteiger partial charge in [-0.3, -0.25) is 9.59 Å². The minimum Gasteiger partial charge on any atom is -0.458 e. The predicted molar refractivity (Wildman–Crippen MR) is 250 cm³/mol. The van der Waals surface area contributed by atoms with Crippen molar-refractivity contribution in [1.82, 2.24) is 0 Å². The molecule has 404 valence electrons. The SMILES string of the molecule is CCC(C)C(=O)O[C@@H]1[C@@H](OC(=O)c2ccccc2)[C@]2(C)[C@H](C(C)=O)CC[C@@]23O[C@]32CC[C@H]3C[C@@H](O[C@H]4C[C@@H](OC)[C@H](O[C@@H]5O[C@H](C)[C@@H](O[C@@H]6O[C@H](CO)[C@@H](O)[C@H](O)[C@H]6O)[C@@H](OC)[C@H]5O)[C@@H](C)O4)CC[C@]3(C)[C@@H]12. The second-order valence-corrected chi connectivity index (χ2v) is 22.5. The molecule has 19 heteroatoms. The average molecular weight is 1020 g/mol. The zero-order chi connectivity index (χ0) is 51.8. The summed E-state index contributed by atoms with van der Waals surface area (Å²) in [5, 5.41) is 52.5. The first-order valence-corrected chi connectivity index (χ1v) is 26.2. The number of benzene rings is 1. The summed E-state index contributed by atoms with van der Waals surface area (Å²) in [6, 6.07) is 8.79. The number of carbonyl (C=O) groups excluding carboxylic acids is 3. The molecule has 4 aliphatic carbocycles. The highest BCUT2D eigenvalue weighted by molar-refractivity contribution is 5.89. The quantitative estimate of drug-likeness (QED) is 0.0961. The number of Topliss-reactive ketones (excluding diaryl/α,β-unsaturated/α-hetero) is 1. The average Bonchev–Trinajstić information content (AvgIpc) is 3.91. The lowest BCUT2D eigenvalue weighted by molar-refractivity contribution is -0.371. The number of esters is 2. The molecule has 4 saturated heterocycles. The number of hydrogen-bond donors (Lipinski definition) is 5. The number of aliphatic hydroxyl groups is 5. The molecule has 4 aliphatic heterocycles. The Bertz CT molecular complexity index is 2100. The van der Waals surface area contributed by atoms with Gasteiger partial charge in [-0.15, -0.1) is 0 Å². The summed E-state index contributed by atoms with van der Waals surface area (Å²) in [5.74, 6) is -1.98. The largest absolute Gasteiger partial charge is 0.458 e. The minimum atomic E-state index is -1.67. The third-order valence-electron chi connectivity index (χ3n) is 18.9. The number of fused-ring (bicyclic) bond motifs is 2. The van der Waals surface area contributed by atoms with Gasteiger partial charge in [0, 0.05) is 37.9 Å². The van der Waals surface area contributed by atoms with Gasteiger partial charge in [0.05, 0.1) is 42.5 Å². The summed E-state index contributed by atoms with van der Waals surface area (Å²) in [6.07, 6.45) is -12.0. The summed E-state index contributed by atoms with van der Waals surface area (Å²) in [7, 11) is 2.95. The van der Waals surface area contributed by atoms with Crippen LogP contribution in [0.2, 0.25) is 0 Å². The van der Waals surface area contributed by atoms with Crippen LogP contribution in [-0.4, -0.2) is 180 Å². The fourth-order valence-electron chi connectivity index (χ4n) is 14.8. The van der Waals surface area contributed by atoms with E-state index in [1.54, 1.807) is 45.2 Å². The van der Waals surface area contributed by atoms with Crippen molar-refractivity contribution in [2.75, 3.05) is 20.8 Å². The van der Waals surface area contributed by atoms with Gasteiger partial charge in [-0.05, 0) is 95.6 Å². The summed E-state index contributed by atoms with van der Waals surface area (Å²) in [4.78, 5) is 41.9. The van der Waals surface area contributed by atoms with Crippen LogP contribution < -0.4 is 0 Å². The van der Waals surface area contributed by atoms with Gasteiger partial charge >= 0.3 is 11.9 Å². The van der Waals surface area contributed by atoms with Crippen LogP contribution >= 0.6 is 0 Å². The van der Waals surface area contributed by atoms with Crippen molar-refractivity contribution in [2.24, 2.45) is 34.5 Å². The molecule has 1 aromatic carbocycles. The van der Waals surface area contributed by atoms with Crippen LogP contribution in [0.1, 0.15) is 117 Å². The zero-order valence-corrected chi connectivity index (χ0v) is 43.0. The maximum Gasteiger partial charge on any atom is 0.338 e. The predicted octanol–water partition coefficient (Wildman–Crippen LogP) is 3.14. The first-order chi connectivity index (χ1) is 34.2. The van der Waals surface area contributed by atoms with Crippen LogP contribution in [0.4, 0.5) is 0 Å². The molecular weight excluding hydrogens is 941 g/mol. The first kappa shape index (κ1) is 54.1. The van der Waals surface area contributed by atoms with E-state index in [0.717, 1.165) is 6.42 Å². The molecule has 8 aliphatic rings. The molecule has 0 radical (unpaired) electrons. The van der Waals surface area contributed by atoms with Crippen LogP contribution in [0, 0.1) is 34.5 Å². The van der Waals surface area contributed by atoms with Gasteiger partial charge in [0.25, 0.3) is 0 Å². The van der Waals surface area contributed by atoms with Gasteiger partial charge in [-0.2, -0.15) is 0 Å². The second kappa shape index (κ2) is 20.7. The van der Waals surface area contributed by atoms with Crippen molar-refractivity contribution in [3.05, 3.63) is 35.9 Å². The molecule has 25 atom stereocenters. The molecule has 4 heterocycles. The Morgan fingerprint density at radius 2 is 1.46 bits per heavy atom. The number of hydrogen-bond acceptors (Lipinski definition) is 19. The molecular formula is C53H78O19. The van der Waals surface area contributed by atoms with E-state index in [1.807, 2.05) is 33.8 Å². The summed E-state index contributed by atoms with van der Waals surface area (Å²) in [6.45, 7) is 12.6. The van der Waals surface area contributed by atoms with Gasteiger partial charge in [-0.25, -0.2) is 4.79 Å². The van der Waals surface area contributed by atoms with E-state index in [0.29, 0.717) is 56.9 Å². The molecule has 2 spiro atoms. The normalized spacial score (nSPS) is 49.0. The van der Waals surface area contributed by atoms with Crippen molar-refractivity contribution in [1.29, 1.82) is 0 Å². The minimum absolute atomic E-state index is 0.00202. The molecule has 5 N–H and O–H groups in total. The third kappa shape index (κ3) is 8.80. The molecule has 0 aromatic heterocycles.